The molecule has 2 aromatic carbocycles. The second-order valence-electron chi connectivity index (χ2n) is 13.0. The Labute approximate surface area is 285 Å². The van der Waals surface area contributed by atoms with Gasteiger partial charge in [0.05, 0.1) is 48.5 Å². The van der Waals surface area contributed by atoms with Crippen LogP contribution in [0.25, 0.3) is 10.9 Å². The third kappa shape index (κ3) is 6.05. The van der Waals surface area contributed by atoms with Crippen LogP contribution in [0.2, 0.25) is 0 Å². The number of halogens is 2. The molecule has 4 aromatic rings. The first kappa shape index (κ1) is 33.1. The zero-order chi connectivity index (χ0) is 35.8. The molecule has 0 bridgehead atoms. The van der Waals surface area contributed by atoms with Gasteiger partial charge in [-0.3, -0.25) is 14.2 Å². The standard InChI is InChI=1S/C31H29F2N6O11P/c32-22-7-17(38-11-19(49-30(38)43)10-36-6-5-34-35-36)3-4-24(22)48-15-31(50-51(44,45)46)9-18-13-47-28-25-20(8-23(33)26(28)39(18)14-31)27(40)21(29(41)42)12-37(25)16-1-2-16/h3-8,12,16,18-19H,1-2,9-11,13-15H2,(H,41,42)(H2,44,45,46)/t18-,19-,31-/m0/s1. The summed E-state index contributed by atoms with van der Waals surface area (Å²) in [6, 6.07) is 3.86. The predicted molar refractivity (Wildman–Crippen MR) is 170 cm³/mol. The number of carboxylic acids is 1. The number of ether oxygens (including phenoxy) is 3. The van der Waals surface area contributed by atoms with E-state index in [0.29, 0.717) is 12.8 Å². The molecule has 268 valence electrons. The zero-order valence-corrected chi connectivity index (χ0v) is 27.3. The molecule has 1 amide bonds. The minimum atomic E-state index is -5.20. The number of nitrogens with zero attached hydrogens (tertiary/aromatic N) is 6. The zero-order valence-electron chi connectivity index (χ0n) is 26.4. The summed E-state index contributed by atoms with van der Waals surface area (Å²) in [4.78, 5) is 60.0. The first-order valence-corrected chi connectivity index (χ1v) is 17.4. The lowest BCUT2D eigenvalue weighted by molar-refractivity contribution is 0.00780. The van der Waals surface area contributed by atoms with Crippen LogP contribution >= 0.6 is 7.82 Å². The van der Waals surface area contributed by atoms with E-state index < -0.39 is 66.9 Å². The van der Waals surface area contributed by atoms with Crippen molar-refractivity contribution in [2.24, 2.45) is 0 Å². The number of aromatic nitrogens is 4. The normalized spacial score (nSPS) is 22.9. The minimum absolute atomic E-state index is 0.0133. The Morgan fingerprint density at radius 3 is 2.63 bits per heavy atom. The van der Waals surface area contributed by atoms with Crippen molar-refractivity contribution >= 4 is 42.2 Å². The van der Waals surface area contributed by atoms with E-state index in [1.807, 2.05) is 0 Å². The summed E-state index contributed by atoms with van der Waals surface area (Å²) >= 11 is 0. The number of phosphoric ester groups is 1. The molecule has 0 spiro atoms. The average Bonchev–Trinajstić information content (AvgIpc) is 3.47. The summed E-state index contributed by atoms with van der Waals surface area (Å²) in [5.74, 6) is -3.57. The minimum Gasteiger partial charge on any atom is -0.487 e. The molecule has 2 saturated heterocycles. The van der Waals surface area contributed by atoms with Gasteiger partial charge in [-0.1, -0.05) is 5.21 Å². The van der Waals surface area contributed by atoms with Gasteiger partial charge in [0.15, 0.2) is 23.1 Å². The number of carbonyl (C=O) groups excluding carboxylic acids is 1. The average molecular weight is 731 g/mol. The molecule has 17 nitrogen and oxygen atoms in total. The van der Waals surface area contributed by atoms with Crippen LogP contribution in [0.15, 0.2) is 47.7 Å². The Hall–Kier alpha value is -5.10. The fourth-order valence-corrected chi connectivity index (χ4v) is 7.76. The van der Waals surface area contributed by atoms with Gasteiger partial charge < -0.3 is 38.6 Å². The number of carboxylic acid groups (broad SMARTS) is 1. The highest BCUT2D eigenvalue weighted by molar-refractivity contribution is 7.46. The number of amides is 1. The van der Waals surface area contributed by atoms with Crippen molar-refractivity contribution in [1.82, 2.24) is 19.6 Å². The smallest absolute Gasteiger partial charge is 0.470 e. The van der Waals surface area contributed by atoms with Crippen LogP contribution in [0.3, 0.4) is 0 Å². The van der Waals surface area contributed by atoms with Crippen molar-refractivity contribution in [3.8, 4) is 11.5 Å². The molecular formula is C31H29F2N6O11P. The number of pyridine rings is 1. The molecule has 51 heavy (non-hydrogen) atoms. The number of phosphoric acid groups is 1. The van der Waals surface area contributed by atoms with Crippen molar-refractivity contribution in [1.29, 1.82) is 0 Å². The maximum absolute atomic E-state index is 16.0. The van der Waals surface area contributed by atoms with E-state index in [-0.39, 0.29) is 72.5 Å². The Bertz CT molecular complexity index is 2190. The Morgan fingerprint density at radius 1 is 1.14 bits per heavy atom. The van der Waals surface area contributed by atoms with E-state index >= 15 is 8.78 Å². The van der Waals surface area contributed by atoms with Crippen molar-refractivity contribution in [2.45, 2.75) is 49.6 Å². The number of benzene rings is 2. The summed E-state index contributed by atoms with van der Waals surface area (Å²) in [5.41, 5.74) is -2.89. The van der Waals surface area contributed by atoms with Crippen molar-refractivity contribution in [2.75, 3.05) is 36.1 Å². The van der Waals surface area contributed by atoms with Gasteiger partial charge in [0.2, 0.25) is 5.43 Å². The Balaban J connectivity index is 1.07. The first-order valence-electron chi connectivity index (χ1n) is 15.8. The van der Waals surface area contributed by atoms with Crippen LogP contribution < -0.4 is 24.7 Å². The van der Waals surface area contributed by atoms with Crippen LogP contribution in [-0.2, 0) is 20.4 Å². The molecule has 20 heteroatoms. The topological polar surface area (TPSA) is 208 Å². The second kappa shape index (κ2) is 12.0. The lowest BCUT2D eigenvalue weighted by Crippen LogP contribution is -2.42. The number of carbonyl (C=O) groups is 2. The quantitative estimate of drug-likeness (QED) is 0.201. The van der Waals surface area contributed by atoms with E-state index in [0.717, 1.165) is 12.1 Å². The molecule has 0 radical (unpaired) electrons. The Kier molecular flexibility index (Phi) is 7.78. The number of rotatable bonds is 10. The maximum Gasteiger partial charge on any atom is 0.470 e. The number of fused-ring (bicyclic) bond motifs is 5. The molecule has 2 aromatic heterocycles. The van der Waals surface area contributed by atoms with Crippen LogP contribution in [-0.4, -0.2) is 90.6 Å². The van der Waals surface area contributed by atoms with E-state index in [1.165, 1.54) is 39.0 Å². The van der Waals surface area contributed by atoms with Crippen LogP contribution in [0.1, 0.15) is 35.7 Å². The molecular weight excluding hydrogens is 701 g/mol. The van der Waals surface area contributed by atoms with E-state index in [4.69, 9.17) is 18.7 Å². The van der Waals surface area contributed by atoms with Gasteiger partial charge >= 0.3 is 19.9 Å². The summed E-state index contributed by atoms with van der Waals surface area (Å²) in [6.07, 6.45) is 4.34. The SMILES string of the molecule is O=C(O)c1cn(C2CC2)c2c3c(c(F)cc2c1=O)N1C[C@@](COc2ccc(N4C[C@H](Cn5ccnn5)OC4=O)cc2F)(OP(=O)(O)O)C[C@H]1CO3. The van der Waals surface area contributed by atoms with E-state index in [9.17, 15) is 33.8 Å². The molecule has 3 N–H and O–H groups in total. The van der Waals surface area contributed by atoms with Crippen LogP contribution in [0.4, 0.5) is 25.0 Å². The van der Waals surface area contributed by atoms with Crippen molar-refractivity contribution in [3.63, 3.8) is 0 Å². The highest BCUT2D eigenvalue weighted by Gasteiger charge is 2.53. The molecule has 4 aliphatic rings. The van der Waals surface area contributed by atoms with Crippen LogP contribution in [0, 0.1) is 11.6 Å². The summed E-state index contributed by atoms with van der Waals surface area (Å²) in [7, 11) is -5.20. The Morgan fingerprint density at radius 2 is 1.94 bits per heavy atom. The first-order chi connectivity index (χ1) is 24.3. The summed E-state index contributed by atoms with van der Waals surface area (Å²) in [5, 5.41) is 17.0. The van der Waals surface area contributed by atoms with Crippen molar-refractivity contribution < 1.29 is 56.6 Å². The molecule has 8 rings (SSSR count). The molecule has 3 aliphatic heterocycles. The van der Waals surface area contributed by atoms with E-state index in [1.54, 1.807) is 10.8 Å². The third-order valence-corrected chi connectivity index (χ3v) is 9.98. The van der Waals surface area contributed by atoms with Gasteiger partial charge in [-0.2, -0.15) is 0 Å². The van der Waals surface area contributed by atoms with Gasteiger partial charge in [-0.15, -0.1) is 5.10 Å². The number of cyclic esters (lactones) is 1. The lowest BCUT2D eigenvalue weighted by Gasteiger charge is -2.35. The fraction of sp³-hybridized carbons (Fsp3) is 0.387. The van der Waals surface area contributed by atoms with Gasteiger partial charge in [0.1, 0.15) is 36.2 Å². The van der Waals surface area contributed by atoms with Gasteiger partial charge in [-0.25, -0.2) is 27.6 Å². The van der Waals surface area contributed by atoms with E-state index in [2.05, 4.69) is 10.3 Å². The number of hydrogen-bond donors (Lipinski definition) is 3. The van der Waals surface area contributed by atoms with Gasteiger partial charge in [0, 0.05) is 30.9 Å². The maximum atomic E-state index is 16.0. The van der Waals surface area contributed by atoms with Gasteiger partial charge in [0.25, 0.3) is 0 Å². The molecule has 3 fully saturated rings. The van der Waals surface area contributed by atoms with Gasteiger partial charge in [-0.05, 0) is 31.0 Å². The highest BCUT2D eigenvalue weighted by Crippen LogP contribution is 2.52. The molecule has 5 heterocycles. The van der Waals surface area contributed by atoms with Crippen LogP contribution in [0.5, 0.6) is 11.5 Å². The fourth-order valence-electron chi connectivity index (χ4n) is 7.07. The third-order valence-electron chi connectivity index (χ3n) is 9.35. The molecule has 0 unspecified atom stereocenters. The summed E-state index contributed by atoms with van der Waals surface area (Å²) < 4.78 is 69.2. The number of anilines is 2. The van der Waals surface area contributed by atoms with Crippen molar-refractivity contribution in [3.05, 3.63) is 70.3 Å². The number of hydrogen-bond acceptors (Lipinski definition) is 11. The monoisotopic (exact) mass is 730 g/mol. The number of aromatic carboxylic acids is 1. The second-order valence-corrected chi connectivity index (χ2v) is 14.1. The molecule has 1 saturated carbocycles. The molecule has 1 aliphatic carbocycles. The predicted octanol–water partition coefficient (Wildman–Crippen LogP) is 2.83. The lowest BCUT2D eigenvalue weighted by atomic mass is 10.0. The summed E-state index contributed by atoms with van der Waals surface area (Å²) in [6.45, 7) is -0.652. The highest BCUT2D eigenvalue weighted by atomic mass is 31.2. The largest absolute Gasteiger partial charge is 0.487 e. The molecule has 3 atom stereocenters.